The van der Waals surface area contributed by atoms with E-state index in [1.807, 2.05) is 12.1 Å². The molecule has 1 heterocycles. The molecule has 2 aromatic rings. The number of imide groups is 1. The molecule has 0 bridgehead atoms. The molecular weight excluding hydrogens is 336 g/mol. The molecule has 7 nitrogen and oxygen atoms in total. The number of ether oxygens (including phenoxy) is 2. The van der Waals surface area contributed by atoms with Crippen LogP contribution in [0.25, 0.3) is 0 Å². The third-order valence-electron chi connectivity index (χ3n) is 4.09. The lowest BCUT2D eigenvalue weighted by molar-refractivity contribution is -0.133. The number of carbonyl (C=O) groups excluding carboxylic acids is 3. The SMILES string of the molecule is CCOC(=O)OCN1C(=O)NC(c2ccccc2)(c2ccccc2)C1=O. The van der Waals surface area contributed by atoms with Gasteiger partial charge in [-0.25, -0.2) is 14.5 Å². The summed E-state index contributed by atoms with van der Waals surface area (Å²) >= 11 is 0. The van der Waals surface area contributed by atoms with Gasteiger partial charge in [-0.1, -0.05) is 60.7 Å². The van der Waals surface area contributed by atoms with Crippen molar-refractivity contribution in [3.63, 3.8) is 0 Å². The highest BCUT2D eigenvalue weighted by Gasteiger charge is 2.54. The molecule has 0 unspecified atom stereocenters. The van der Waals surface area contributed by atoms with Crippen molar-refractivity contribution in [1.29, 1.82) is 0 Å². The summed E-state index contributed by atoms with van der Waals surface area (Å²) < 4.78 is 9.52. The number of benzene rings is 2. The Morgan fingerprint density at radius 1 is 0.962 bits per heavy atom. The fourth-order valence-electron chi connectivity index (χ4n) is 2.90. The van der Waals surface area contributed by atoms with Gasteiger partial charge in [0, 0.05) is 0 Å². The maximum absolute atomic E-state index is 13.2. The second-order valence-electron chi connectivity index (χ2n) is 5.60. The Balaban J connectivity index is 1.97. The van der Waals surface area contributed by atoms with Crippen molar-refractivity contribution in [2.45, 2.75) is 12.5 Å². The van der Waals surface area contributed by atoms with E-state index in [0.717, 1.165) is 4.90 Å². The van der Waals surface area contributed by atoms with Crippen LogP contribution in [-0.2, 0) is 19.8 Å². The van der Waals surface area contributed by atoms with E-state index in [0.29, 0.717) is 11.1 Å². The van der Waals surface area contributed by atoms with Crippen LogP contribution in [0.3, 0.4) is 0 Å². The summed E-state index contributed by atoms with van der Waals surface area (Å²) in [6.45, 7) is 1.24. The molecule has 1 saturated heterocycles. The highest BCUT2D eigenvalue weighted by atomic mass is 16.7. The van der Waals surface area contributed by atoms with Crippen molar-refractivity contribution >= 4 is 18.1 Å². The molecule has 0 radical (unpaired) electrons. The van der Waals surface area contributed by atoms with Gasteiger partial charge < -0.3 is 14.8 Å². The van der Waals surface area contributed by atoms with Crippen LogP contribution in [0.15, 0.2) is 60.7 Å². The number of rotatable bonds is 5. The molecule has 1 N–H and O–H groups in total. The zero-order valence-electron chi connectivity index (χ0n) is 14.2. The Labute approximate surface area is 150 Å². The Hall–Kier alpha value is -3.35. The summed E-state index contributed by atoms with van der Waals surface area (Å²) in [5.41, 5.74) is -0.149. The van der Waals surface area contributed by atoms with E-state index in [4.69, 9.17) is 4.74 Å². The molecule has 0 aliphatic carbocycles. The third-order valence-corrected chi connectivity index (χ3v) is 4.09. The molecule has 1 aliphatic rings. The van der Waals surface area contributed by atoms with Gasteiger partial charge in [0.05, 0.1) is 6.61 Å². The number of carbonyl (C=O) groups is 3. The number of nitrogens with one attached hydrogen (secondary N) is 1. The molecule has 7 heteroatoms. The highest BCUT2D eigenvalue weighted by Crippen LogP contribution is 2.35. The molecule has 0 atom stereocenters. The molecule has 1 aliphatic heterocycles. The first-order chi connectivity index (χ1) is 12.6. The first-order valence-corrected chi connectivity index (χ1v) is 8.14. The maximum Gasteiger partial charge on any atom is 0.510 e. The van der Waals surface area contributed by atoms with Gasteiger partial charge in [-0.2, -0.15) is 0 Å². The van der Waals surface area contributed by atoms with Crippen LogP contribution in [0.5, 0.6) is 0 Å². The summed E-state index contributed by atoms with van der Waals surface area (Å²) in [6.07, 6.45) is -0.940. The fraction of sp³-hybridized carbons (Fsp3) is 0.211. The summed E-state index contributed by atoms with van der Waals surface area (Å²) in [5, 5.41) is 2.76. The van der Waals surface area contributed by atoms with Gasteiger partial charge in [-0.05, 0) is 18.1 Å². The minimum absolute atomic E-state index is 0.136. The molecule has 0 saturated carbocycles. The van der Waals surface area contributed by atoms with Crippen LogP contribution in [0, 0.1) is 0 Å². The van der Waals surface area contributed by atoms with E-state index in [9.17, 15) is 14.4 Å². The smallest absolute Gasteiger partial charge is 0.435 e. The number of amides is 3. The Morgan fingerprint density at radius 2 is 1.50 bits per heavy atom. The fourth-order valence-corrected chi connectivity index (χ4v) is 2.90. The van der Waals surface area contributed by atoms with Gasteiger partial charge in [-0.15, -0.1) is 0 Å². The second-order valence-corrected chi connectivity index (χ2v) is 5.60. The lowest BCUT2D eigenvalue weighted by Gasteiger charge is -2.27. The van der Waals surface area contributed by atoms with Crippen molar-refractivity contribution in [3.8, 4) is 0 Å². The normalized spacial score (nSPS) is 15.5. The lowest BCUT2D eigenvalue weighted by Crippen LogP contribution is -2.45. The highest BCUT2D eigenvalue weighted by molar-refractivity contribution is 6.09. The quantitative estimate of drug-likeness (QED) is 0.659. The molecule has 3 amide bonds. The van der Waals surface area contributed by atoms with Crippen molar-refractivity contribution in [1.82, 2.24) is 10.2 Å². The molecule has 1 fully saturated rings. The van der Waals surface area contributed by atoms with Crippen LogP contribution >= 0.6 is 0 Å². The third kappa shape index (κ3) is 2.99. The van der Waals surface area contributed by atoms with E-state index in [2.05, 4.69) is 10.1 Å². The van der Waals surface area contributed by atoms with Gasteiger partial charge >= 0.3 is 12.2 Å². The standard InChI is InChI=1S/C19H18N2O5/c1-2-25-18(24)26-13-21-16(22)19(20-17(21)23,14-9-5-3-6-10-14)15-11-7-4-8-12-15/h3-12H,2,13H2,1H3,(H,20,23). The Kier molecular flexibility index (Phi) is 4.88. The second kappa shape index (κ2) is 7.26. The Morgan fingerprint density at radius 3 is 2.00 bits per heavy atom. The van der Waals surface area contributed by atoms with E-state index in [1.165, 1.54) is 0 Å². The number of nitrogens with zero attached hydrogens (tertiary/aromatic N) is 1. The molecule has 2 aromatic carbocycles. The summed E-state index contributed by atoms with van der Waals surface area (Å²) in [6, 6.07) is 17.2. The van der Waals surface area contributed by atoms with Crippen LogP contribution in [0.1, 0.15) is 18.1 Å². The molecular formula is C19H18N2O5. The van der Waals surface area contributed by atoms with Gasteiger partial charge in [0.2, 0.25) is 0 Å². The topological polar surface area (TPSA) is 84.9 Å². The first-order valence-electron chi connectivity index (χ1n) is 8.14. The molecule has 0 aromatic heterocycles. The van der Waals surface area contributed by atoms with E-state index >= 15 is 0 Å². The number of hydrogen-bond acceptors (Lipinski definition) is 5. The summed E-state index contributed by atoms with van der Waals surface area (Å²) in [5.74, 6) is -0.524. The Bertz CT molecular complexity index is 768. The van der Waals surface area contributed by atoms with Crippen LogP contribution < -0.4 is 5.32 Å². The van der Waals surface area contributed by atoms with Crippen molar-refractivity contribution < 1.29 is 23.9 Å². The van der Waals surface area contributed by atoms with Crippen LogP contribution in [0.2, 0.25) is 0 Å². The molecule has 3 rings (SSSR count). The van der Waals surface area contributed by atoms with Crippen molar-refractivity contribution in [2.24, 2.45) is 0 Å². The van der Waals surface area contributed by atoms with Crippen LogP contribution in [0.4, 0.5) is 9.59 Å². The largest absolute Gasteiger partial charge is 0.510 e. The van der Waals surface area contributed by atoms with Gasteiger partial charge in [-0.3, -0.25) is 4.79 Å². The first kappa shape index (κ1) is 17.5. The van der Waals surface area contributed by atoms with Crippen molar-refractivity contribution in [2.75, 3.05) is 13.3 Å². The predicted molar refractivity (Wildman–Crippen MR) is 92.0 cm³/mol. The minimum atomic E-state index is -1.38. The van der Waals surface area contributed by atoms with E-state index < -0.39 is 30.4 Å². The summed E-state index contributed by atoms with van der Waals surface area (Å²) in [4.78, 5) is 38.0. The van der Waals surface area contributed by atoms with Gasteiger partial charge in [0.15, 0.2) is 12.3 Å². The molecule has 134 valence electrons. The van der Waals surface area contributed by atoms with E-state index in [-0.39, 0.29) is 6.61 Å². The number of urea groups is 1. The predicted octanol–water partition coefficient (Wildman–Crippen LogP) is 2.61. The van der Waals surface area contributed by atoms with Crippen LogP contribution in [-0.4, -0.2) is 36.3 Å². The van der Waals surface area contributed by atoms with Gasteiger partial charge in [0.25, 0.3) is 5.91 Å². The van der Waals surface area contributed by atoms with Gasteiger partial charge in [0.1, 0.15) is 0 Å². The molecule has 26 heavy (non-hydrogen) atoms. The lowest BCUT2D eigenvalue weighted by atomic mass is 9.83. The van der Waals surface area contributed by atoms with Crippen molar-refractivity contribution in [3.05, 3.63) is 71.8 Å². The average Bonchev–Trinajstić information content (AvgIpc) is 2.93. The minimum Gasteiger partial charge on any atom is -0.435 e. The zero-order chi connectivity index (χ0) is 18.6. The average molecular weight is 354 g/mol. The molecule has 0 spiro atoms. The summed E-state index contributed by atoms with van der Waals surface area (Å²) in [7, 11) is 0. The number of hydrogen-bond donors (Lipinski definition) is 1. The monoisotopic (exact) mass is 354 g/mol. The zero-order valence-corrected chi connectivity index (χ0v) is 14.2. The van der Waals surface area contributed by atoms with E-state index in [1.54, 1.807) is 55.5 Å². The maximum atomic E-state index is 13.2.